The molecule has 1 heterocycles. The lowest BCUT2D eigenvalue weighted by Crippen LogP contribution is -1.85. The fraction of sp³-hybridized carbons (Fsp3) is 0.118. The molecule has 0 radical (unpaired) electrons. The first-order chi connectivity index (χ1) is 8.72. The van der Waals surface area contributed by atoms with Crippen LogP contribution in [0.2, 0.25) is 0 Å². The summed E-state index contributed by atoms with van der Waals surface area (Å²) in [7, 11) is 0. The van der Waals surface area contributed by atoms with E-state index in [1.54, 1.807) is 0 Å². The highest BCUT2D eigenvalue weighted by atomic mass is 14.7. The normalized spacial score (nSPS) is 10.8. The van der Waals surface area contributed by atoms with E-state index in [-0.39, 0.29) is 0 Å². The molecule has 88 valence electrons. The van der Waals surface area contributed by atoms with Crippen LogP contribution in [0.25, 0.3) is 22.0 Å². The number of benzene rings is 2. The highest BCUT2D eigenvalue weighted by Crippen LogP contribution is 2.22. The largest absolute Gasteiger partial charge is 0.256 e. The van der Waals surface area contributed by atoms with Crippen LogP contribution >= 0.6 is 0 Å². The number of hydrogen-bond donors (Lipinski definition) is 0. The molecule has 3 rings (SSSR count). The summed E-state index contributed by atoms with van der Waals surface area (Å²) in [5, 5.41) is 2.44. The van der Waals surface area contributed by atoms with Crippen molar-refractivity contribution in [3.8, 4) is 11.3 Å². The Labute approximate surface area is 107 Å². The van der Waals surface area contributed by atoms with E-state index < -0.39 is 0 Å². The number of hydrogen-bond acceptors (Lipinski definition) is 1. The van der Waals surface area contributed by atoms with Crippen molar-refractivity contribution in [3.05, 3.63) is 65.9 Å². The monoisotopic (exact) mass is 233 g/mol. The molecule has 1 nitrogen and oxygen atoms in total. The van der Waals surface area contributed by atoms with Gasteiger partial charge in [0.25, 0.3) is 0 Å². The number of rotatable bonds is 1. The molecule has 0 atom stereocenters. The Balaban J connectivity index is 2.13. The van der Waals surface area contributed by atoms with E-state index in [0.717, 1.165) is 5.69 Å². The van der Waals surface area contributed by atoms with E-state index in [1.807, 2.05) is 6.20 Å². The lowest BCUT2D eigenvalue weighted by molar-refractivity contribution is 1.34. The van der Waals surface area contributed by atoms with Crippen molar-refractivity contribution in [1.29, 1.82) is 0 Å². The third-order valence-corrected chi connectivity index (χ3v) is 3.22. The molecule has 1 aromatic heterocycles. The molecule has 1 heteroatoms. The Kier molecular flexibility index (Phi) is 2.60. The summed E-state index contributed by atoms with van der Waals surface area (Å²) in [6.07, 6.45) is 1.96. The van der Waals surface area contributed by atoms with Gasteiger partial charge in [-0.3, -0.25) is 4.98 Å². The second-order valence-electron chi connectivity index (χ2n) is 4.79. The van der Waals surface area contributed by atoms with Crippen molar-refractivity contribution >= 4 is 10.8 Å². The van der Waals surface area contributed by atoms with Crippen molar-refractivity contribution in [2.75, 3.05) is 0 Å². The molecule has 0 amide bonds. The topological polar surface area (TPSA) is 12.9 Å². The van der Waals surface area contributed by atoms with Gasteiger partial charge in [-0.25, -0.2) is 0 Å². The number of nitrogens with zero attached hydrogens (tertiary/aromatic N) is 1. The van der Waals surface area contributed by atoms with Crippen LogP contribution in [0.4, 0.5) is 0 Å². The molecule has 3 aromatic rings. The van der Waals surface area contributed by atoms with E-state index >= 15 is 0 Å². The van der Waals surface area contributed by atoms with Gasteiger partial charge in [0.2, 0.25) is 0 Å². The van der Waals surface area contributed by atoms with Crippen molar-refractivity contribution in [2.45, 2.75) is 13.8 Å². The first kappa shape index (κ1) is 11.0. The first-order valence-electron chi connectivity index (χ1n) is 6.16. The molecule has 0 unspecified atom stereocenters. The standard InChI is InChI=1S/C17H15N/c1-12-3-6-14(7-4-12)17-10-15-8-5-13(2)9-16(15)11-18-17/h3-11H,1-2H3. The van der Waals surface area contributed by atoms with Gasteiger partial charge in [0.15, 0.2) is 0 Å². The van der Waals surface area contributed by atoms with E-state index in [0.29, 0.717) is 0 Å². The first-order valence-corrected chi connectivity index (χ1v) is 6.16. The van der Waals surface area contributed by atoms with E-state index in [9.17, 15) is 0 Å². The smallest absolute Gasteiger partial charge is 0.0708 e. The summed E-state index contributed by atoms with van der Waals surface area (Å²) in [4.78, 5) is 4.55. The predicted octanol–water partition coefficient (Wildman–Crippen LogP) is 4.52. The quantitative estimate of drug-likeness (QED) is 0.602. The molecule has 0 N–H and O–H groups in total. The Hall–Kier alpha value is -2.15. The number of aryl methyl sites for hydroxylation is 2. The molecule has 0 aliphatic carbocycles. The molecule has 0 spiro atoms. The lowest BCUT2D eigenvalue weighted by Gasteiger charge is -2.04. The summed E-state index contributed by atoms with van der Waals surface area (Å²) in [5.74, 6) is 0. The molecule has 0 aliphatic rings. The van der Waals surface area contributed by atoms with Crippen molar-refractivity contribution in [2.24, 2.45) is 0 Å². The van der Waals surface area contributed by atoms with Gasteiger partial charge in [0, 0.05) is 17.1 Å². The average Bonchev–Trinajstić information content (AvgIpc) is 2.39. The maximum atomic E-state index is 4.55. The minimum atomic E-state index is 1.03. The van der Waals surface area contributed by atoms with Gasteiger partial charge in [0.1, 0.15) is 0 Å². The summed E-state index contributed by atoms with van der Waals surface area (Å²) >= 11 is 0. The van der Waals surface area contributed by atoms with Crippen LogP contribution in [0, 0.1) is 13.8 Å². The van der Waals surface area contributed by atoms with Gasteiger partial charge in [-0.05, 0) is 31.4 Å². The number of pyridine rings is 1. The summed E-state index contributed by atoms with van der Waals surface area (Å²) in [6, 6.07) is 17.1. The highest BCUT2D eigenvalue weighted by molar-refractivity contribution is 5.85. The number of aromatic nitrogens is 1. The van der Waals surface area contributed by atoms with E-state index in [2.05, 4.69) is 67.4 Å². The van der Waals surface area contributed by atoms with Crippen LogP contribution in [-0.2, 0) is 0 Å². The van der Waals surface area contributed by atoms with Crippen molar-refractivity contribution < 1.29 is 0 Å². The molecular weight excluding hydrogens is 218 g/mol. The zero-order valence-corrected chi connectivity index (χ0v) is 10.6. The van der Waals surface area contributed by atoms with Crippen molar-refractivity contribution in [3.63, 3.8) is 0 Å². The Morgan fingerprint density at radius 3 is 2.22 bits per heavy atom. The van der Waals surface area contributed by atoms with Crippen LogP contribution < -0.4 is 0 Å². The van der Waals surface area contributed by atoms with Gasteiger partial charge < -0.3 is 0 Å². The zero-order valence-electron chi connectivity index (χ0n) is 10.6. The second-order valence-corrected chi connectivity index (χ2v) is 4.79. The van der Waals surface area contributed by atoms with Crippen molar-refractivity contribution in [1.82, 2.24) is 4.98 Å². The maximum absolute atomic E-state index is 4.55. The SMILES string of the molecule is Cc1ccc(-c2cc3ccc(C)cc3cn2)cc1. The summed E-state index contributed by atoms with van der Waals surface area (Å²) < 4.78 is 0. The van der Waals surface area contributed by atoms with E-state index in [1.165, 1.54) is 27.5 Å². The minimum absolute atomic E-state index is 1.03. The third kappa shape index (κ3) is 2.00. The van der Waals surface area contributed by atoms with Crippen LogP contribution in [0.5, 0.6) is 0 Å². The Morgan fingerprint density at radius 1 is 0.722 bits per heavy atom. The van der Waals surface area contributed by atoms with Gasteiger partial charge in [-0.1, -0.05) is 47.5 Å². The molecule has 2 aromatic carbocycles. The Morgan fingerprint density at radius 2 is 1.44 bits per heavy atom. The molecule has 0 aliphatic heterocycles. The fourth-order valence-electron chi connectivity index (χ4n) is 2.14. The highest BCUT2D eigenvalue weighted by Gasteiger charge is 2.01. The van der Waals surface area contributed by atoms with Gasteiger partial charge >= 0.3 is 0 Å². The zero-order chi connectivity index (χ0) is 12.5. The average molecular weight is 233 g/mol. The molecular formula is C17H15N. The summed E-state index contributed by atoms with van der Waals surface area (Å²) in [6.45, 7) is 4.20. The molecule has 0 bridgehead atoms. The Bertz CT molecular complexity index is 696. The van der Waals surface area contributed by atoms with Gasteiger partial charge in [-0.15, -0.1) is 0 Å². The second kappa shape index (κ2) is 4.26. The summed E-state index contributed by atoms with van der Waals surface area (Å²) in [5.41, 5.74) is 4.75. The van der Waals surface area contributed by atoms with E-state index in [4.69, 9.17) is 0 Å². The van der Waals surface area contributed by atoms with Crippen LogP contribution in [0.1, 0.15) is 11.1 Å². The molecule has 0 saturated heterocycles. The van der Waals surface area contributed by atoms with Crippen LogP contribution in [0.3, 0.4) is 0 Å². The maximum Gasteiger partial charge on any atom is 0.0708 e. The minimum Gasteiger partial charge on any atom is -0.256 e. The molecule has 0 saturated carbocycles. The predicted molar refractivity (Wildman–Crippen MR) is 76.7 cm³/mol. The third-order valence-electron chi connectivity index (χ3n) is 3.22. The van der Waals surface area contributed by atoms with Gasteiger partial charge in [0.05, 0.1) is 5.69 Å². The molecule has 18 heavy (non-hydrogen) atoms. The van der Waals surface area contributed by atoms with Crippen LogP contribution in [0.15, 0.2) is 54.7 Å². The molecule has 0 fully saturated rings. The van der Waals surface area contributed by atoms with Crippen LogP contribution in [-0.4, -0.2) is 4.98 Å². The fourth-order valence-corrected chi connectivity index (χ4v) is 2.14. The number of fused-ring (bicyclic) bond motifs is 1. The lowest BCUT2D eigenvalue weighted by atomic mass is 10.1. The van der Waals surface area contributed by atoms with Gasteiger partial charge in [-0.2, -0.15) is 0 Å².